The van der Waals surface area contributed by atoms with Gasteiger partial charge in [0.15, 0.2) is 0 Å². The highest BCUT2D eigenvalue weighted by Gasteiger charge is 2.06. The predicted molar refractivity (Wildman–Crippen MR) is 66.5 cm³/mol. The molecule has 0 saturated heterocycles. The minimum atomic E-state index is -0.393. The van der Waals surface area contributed by atoms with Crippen LogP contribution in [0.1, 0.15) is 5.56 Å². The van der Waals surface area contributed by atoms with E-state index in [9.17, 15) is 4.39 Å². The van der Waals surface area contributed by atoms with Gasteiger partial charge in [0, 0.05) is 6.07 Å². The van der Waals surface area contributed by atoms with Crippen LogP contribution in [-0.4, -0.2) is 9.97 Å². The van der Waals surface area contributed by atoms with Gasteiger partial charge in [0.05, 0.1) is 5.69 Å². The molecule has 0 radical (unpaired) electrons. The molecule has 88 valence electrons. The minimum absolute atomic E-state index is 0.159. The van der Waals surface area contributed by atoms with Crippen molar-refractivity contribution >= 4 is 34.8 Å². The van der Waals surface area contributed by atoms with E-state index in [0.29, 0.717) is 0 Å². The normalized spacial score (nSPS) is 10.4. The predicted octanol–water partition coefficient (Wildman–Crippen LogP) is 3.97. The first-order chi connectivity index (χ1) is 8.04. The molecule has 0 saturated carbocycles. The fourth-order valence-electron chi connectivity index (χ4n) is 1.30. The zero-order valence-electron chi connectivity index (χ0n) is 8.84. The molecule has 1 heterocycles. The number of hydrogen-bond donors (Lipinski definition) is 1. The molecule has 0 unspecified atom stereocenters. The van der Waals surface area contributed by atoms with Gasteiger partial charge in [-0.3, -0.25) is 0 Å². The molecule has 17 heavy (non-hydrogen) atoms. The summed E-state index contributed by atoms with van der Waals surface area (Å²) in [6.07, 6.45) is 0. The van der Waals surface area contributed by atoms with E-state index in [1.807, 2.05) is 6.92 Å². The summed E-state index contributed by atoms with van der Waals surface area (Å²) in [5.74, 6) is -0.234. The fourth-order valence-corrected chi connectivity index (χ4v) is 1.72. The molecule has 0 aliphatic heterocycles. The molecule has 6 heteroatoms. The first kappa shape index (κ1) is 12.1. The number of halogens is 3. The molecule has 3 nitrogen and oxygen atoms in total. The van der Waals surface area contributed by atoms with E-state index < -0.39 is 5.82 Å². The highest BCUT2D eigenvalue weighted by molar-refractivity contribution is 6.33. The Labute approximate surface area is 108 Å². The van der Waals surface area contributed by atoms with Gasteiger partial charge in [-0.1, -0.05) is 29.3 Å². The average molecular weight is 272 g/mol. The molecule has 1 aromatic heterocycles. The minimum Gasteiger partial charge on any atom is -0.322 e. The lowest BCUT2D eigenvalue weighted by atomic mass is 10.2. The van der Waals surface area contributed by atoms with Gasteiger partial charge < -0.3 is 5.32 Å². The second-order valence-corrected chi connectivity index (χ2v) is 4.22. The summed E-state index contributed by atoms with van der Waals surface area (Å²) >= 11 is 11.4. The summed E-state index contributed by atoms with van der Waals surface area (Å²) in [6.45, 7) is 1.86. The molecule has 0 aliphatic rings. The third-order valence-corrected chi connectivity index (χ3v) is 2.42. The van der Waals surface area contributed by atoms with Gasteiger partial charge in [0.1, 0.15) is 16.1 Å². The Morgan fingerprint density at radius 3 is 2.41 bits per heavy atom. The highest BCUT2D eigenvalue weighted by Crippen LogP contribution is 2.21. The molecule has 0 fully saturated rings. The van der Waals surface area contributed by atoms with Crippen LogP contribution >= 0.6 is 23.2 Å². The molecule has 0 spiro atoms. The number of nitrogens with zero attached hydrogens (tertiary/aromatic N) is 2. The zero-order valence-corrected chi connectivity index (χ0v) is 10.3. The smallest absolute Gasteiger partial charge is 0.230 e. The van der Waals surface area contributed by atoms with E-state index in [4.69, 9.17) is 23.2 Å². The van der Waals surface area contributed by atoms with Crippen molar-refractivity contribution < 1.29 is 4.39 Å². The standard InChI is InChI=1S/C11H8Cl2FN3/c1-6-2-3-7(14)8(4-6)15-11-16-9(12)5-10(13)17-11/h2-5H,1H3,(H,15,16,17). The first-order valence-corrected chi connectivity index (χ1v) is 5.53. The number of aromatic nitrogens is 2. The number of rotatable bonds is 2. The van der Waals surface area contributed by atoms with Gasteiger partial charge in [-0.25, -0.2) is 14.4 Å². The van der Waals surface area contributed by atoms with Gasteiger partial charge in [-0.2, -0.15) is 0 Å². The molecule has 0 atom stereocenters. The summed E-state index contributed by atoms with van der Waals surface area (Å²) in [6, 6.07) is 6.09. The zero-order chi connectivity index (χ0) is 12.4. The van der Waals surface area contributed by atoms with E-state index in [0.717, 1.165) is 5.56 Å². The Kier molecular flexibility index (Phi) is 3.45. The van der Waals surface area contributed by atoms with Crippen LogP contribution < -0.4 is 5.32 Å². The number of hydrogen-bond acceptors (Lipinski definition) is 3. The molecular formula is C11H8Cl2FN3. The number of aryl methyl sites for hydroxylation is 1. The maximum Gasteiger partial charge on any atom is 0.230 e. The van der Waals surface area contributed by atoms with Crippen molar-refractivity contribution in [3.8, 4) is 0 Å². The number of anilines is 2. The van der Waals surface area contributed by atoms with Crippen LogP contribution in [0.2, 0.25) is 10.3 Å². The van der Waals surface area contributed by atoms with Crippen LogP contribution in [0, 0.1) is 12.7 Å². The lowest BCUT2D eigenvalue weighted by Gasteiger charge is -2.07. The summed E-state index contributed by atoms with van der Waals surface area (Å²) in [4.78, 5) is 7.78. The summed E-state index contributed by atoms with van der Waals surface area (Å²) in [5, 5.41) is 3.12. The van der Waals surface area contributed by atoms with Crippen LogP contribution in [0.5, 0.6) is 0 Å². The van der Waals surface area contributed by atoms with Crippen molar-refractivity contribution in [2.45, 2.75) is 6.92 Å². The largest absolute Gasteiger partial charge is 0.322 e. The topological polar surface area (TPSA) is 37.8 Å². The van der Waals surface area contributed by atoms with Crippen LogP contribution in [-0.2, 0) is 0 Å². The summed E-state index contributed by atoms with van der Waals surface area (Å²) in [5.41, 5.74) is 1.20. The van der Waals surface area contributed by atoms with E-state index in [2.05, 4.69) is 15.3 Å². The Morgan fingerprint density at radius 2 is 1.76 bits per heavy atom. The SMILES string of the molecule is Cc1ccc(F)c(Nc2nc(Cl)cc(Cl)n2)c1. The van der Waals surface area contributed by atoms with E-state index in [-0.39, 0.29) is 21.9 Å². The van der Waals surface area contributed by atoms with E-state index in [1.165, 1.54) is 12.1 Å². The molecule has 2 rings (SSSR count). The molecule has 2 aromatic rings. The summed E-state index contributed by atoms with van der Waals surface area (Å²) in [7, 11) is 0. The molecule has 0 amide bonds. The lowest BCUT2D eigenvalue weighted by Crippen LogP contribution is -1.99. The summed E-state index contributed by atoms with van der Waals surface area (Å²) < 4.78 is 13.5. The monoisotopic (exact) mass is 271 g/mol. The maximum absolute atomic E-state index is 13.5. The third kappa shape index (κ3) is 3.05. The van der Waals surface area contributed by atoms with Crippen molar-refractivity contribution in [1.29, 1.82) is 0 Å². The van der Waals surface area contributed by atoms with Crippen molar-refractivity contribution in [3.05, 3.63) is 46.0 Å². The van der Waals surface area contributed by atoms with Gasteiger partial charge in [0.25, 0.3) is 0 Å². The Balaban J connectivity index is 2.34. The second kappa shape index (κ2) is 4.85. The molecule has 1 N–H and O–H groups in total. The first-order valence-electron chi connectivity index (χ1n) is 4.78. The van der Waals surface area contributed by atoms with Crippen LogP contribution in [0.3, 0.4) is 0 Å². The van der Waals surface area contributed by atoms with Gasteiger partial charge >= 0.3 is 0 Å². The highest BCUT2D eigenvalue weighted by atomic mass is 35.5. The van der Waals surface area contributed by atoms with Gasteiger partial charge in [0.2, 0.25) is 5.95 Å². The Bertz CT molecular complexity index is 540. The fraction of sp³-hybridized carbons (Fsp3) is 0.0909. The lowest BCUT2D eigenvalue weighted by molar-refractivity contribution is 0.631. The van der Waals surface area contributed by atoms with Crippen molar-refractivity contribution in [2.24, 2.45) is 0 Å². The molecule has 0 aliphatic carbocycles. The van der Waals surface area contributed by atoms with Crippen LogP contribution in [0.25, 0.3) is 0 Å². The maximum atomic E-state index is 13.5. The number of nitrogens with one attached hydrogen (secondary N) is 1. The van der Waals surface area contributed by atoms with Crippen molar-refractivity contribution in [3.63, 3.8) is 0 Å². The average Bonchev–Trinajstić information content (AvgIpc) is 2.22. The van der Waals surface area contributed by atoms with Gasteiger partial charge in [-0.15, -0.1) is 0 Å². The Morgan fingerprint density at radius 1 is 1.12 bits per heavy atom. The Hall–Kier alpha value is -1.39. The number of benzene rings is 1. The van der Waals surface area contributed by atoms with Crippen LogP contribution in [0.15, 0.2) is 24.3 Å². The van der Waals surface area contributed by atoms with Crippen molar-refractivity contribution in [2.75, 3.05) is 5.32 Å². The molecule has 1 aromatic carbocycles. The quantitative estimate of drug-likeness (QED) is 0.840. The van der Waals surface area contributed by atoms with Crippen molar-refractivity contribution in [1.82, 2.24) is 9.97 Å². The van der Waals surface area contributed by atoms with Gasteiger partial charge in [-0.05, 0) is 24.6 Å². The second-order valence-electron chi connectivity index (χ2n) is 3.45. The van der Waals surface area contributed by atoms with E-state index >= 15 is 0 Å². The molecular weight excluding hydrogens is 264 g/mol. The van der Waals surface area contributed by atoms with Crippen LogP contribution in [0.4, 0.5) is 16.0 Å². The third-order valence-electron chi connectivity index (χ3n) is 2.03. The molecule has 0 bridgehead atoms. The van der Waals surface area contributed by atoms with E-state index in [1.54, 1.807) is 12.1 Å².